The van der Waals surface area contributed by atoms with Gasteiger partial charge in [0, 0.05) is 12.2 Å². The lowest BCUT2D eigenvalue weighted by Gasteiger charge is -2.41. The molecule has 1 aliphatic heterocycles. The number of nitriles is 1. The van der Waals surface area contributed by atoms with Crippen molar-refractivity contribution >= 4 is 11.6 Å². The number of carbonyl (C=O) groups excluding carboxylic acids is 1. The van der Waals surface area contributed by atoms with Crippen molar-refractivity contribution in [3.8, 4) is 6.07 Å². The summed E-state index contributed by atoms with van der Waals surface area (Å²) >= 11 is 0. The van der Waals surface area contributed by atoms with E-state index in [1.54, 1.807) is 0 Å². The molecule has 0 unspecified atom stereocenters. The average Bonchev–Trinajstić information content (AvgIpc) is 2.77. The molecule has 3 rings (SSSR count). The predicted molar refractivity (Wildman–Crippen MR) is 68.9 cm³/mol. The van der Waals surface area contributed by atoms with Crippen molar-refractivity contribution < 1.29 is 4.79 Å². The van der Waals surface area contributed by atoms with Gasteiger partial charge in [-0.15, -0.1) is 0 Å². The van der Waals surface area contributed by atoms with Gasteiger partial charge in [-0.05, 0) is 36.8 Å². The number of nitrogens with zero attached hydrogens (tertiary/aromatic N) is 2. The minimum Gasteiger partial charge on any atom is -0.310 e. The number of fused-ring (bicyclic) bond motifs is 1. The van der Waals surface area contributed by atoms with Crippen LogP contribution in [0.15, 0.2) is 24.3 Å². The van der Waals surface area contributed by atoms with Crippen LogP contribution < -0.4 is 4.90 Å². The molecule has 1 heterocycles. The molecule has 1 aliphatic carbocycles. The largest absolute Gasteiger partial charge is 0.310 e. The second kappa shape index (κ2) is 3.84. The first-order valence-corrected chi connectivity index (χ1v) is 6.47. The van der Waals surface area contributed by atoms with Crippen LogP contribution >= 0.6 is 0 Å². The van der Waals surface area contributed by atoms with Crippen molar-refractivity contribution in [2.24, 2.45) is 11.3 Å². The van der Waals surface area contributed by atoms with E-state index in [1.165, 1.54) is 5.56 Å². The number of para-hydroxylation sites is 1. The summed E-state index contributed by atoms with van der Waals surface area (Å²) in [6.07, 6.45) is 2.32. The van der Waals surface area contributed by atoms with Gasteiger partial charge in [0.05, 0.1) is 6.07 Å². The molecule has 92 valence electrons. The summed E-state index contributed by atoms with van der Waals surface area (Å²) in [5.74, 6) is 0.500. The lowest BCUT2D eigenvalue weighted by atomic mass is 9.62. The smallest absolute Gasteiger partial charge is 0.247 e. The molecule has 0 N–H and O–H groups in total. The van der Waals surface area contributed by atoms with Crippen molar-refractivity contribution in [1.82, 2.24) is 0 Å². The molecular weight excluding hydrogens is 224 g/mol. The van der Waals surface area contributed by atoms with E-state index in [0.29, 0.717) is 18.8 Å². The van der Waals surface area contributed by atoms with Gasteiger partial charge in [0.2, 0.25) is 5.91 Å². The minimum atomic E-state index is -0.753. The van der Waals surface area contributed by atoms with Crippen LogP contribution in [0.25, 0.3) is 0 Å². The van der Waals surface area contributed by atoms with E-state index in [-0.39, 0.29) is 5.91 Å². The minimum absolute atomic E-state index is 0.00745. The van der Waals surface area contributed by atoms with Gasteiger partial charge in [-0.25, -0.2) is 0 Å². The Morgan fingerprint density at radius 2 is 2.17 bits per heavy atom. The van der Waals surface area contributed by atoms with Crippen molar-refractivity contribution in [1.29, 1.82) is 5.26 Å². The number of rotatable bonds is 1. The Morgan fingerprint density at radius 1 is 1.44 bits per heavy atom. The molecule has 1 aromatic rings. The Labute approximate surface area is 107 Å². The molecule has 0 atom stereocenters. The van der Waals surface area contributed by atoms with Crippen LogP contribution in [0.1, 0.15) is 25.3 Å². The SMILES string of the molecule is CC1CC(C#N)(C(=O)N2CCc3ccccc32)C1. The van der Waals surface area contributed by atoms with Crippen LogP contribution in [0.2, 0.25) is 0 Å². The number of hydrogen-bond donors (Lipinski definition) is 0. The number of anilines is 1. The third-order valence-electron chi connectivity index (χ3n) is 4.15. The van der Waals surface area contributed by atoms with Gasteiger partial charge >= 0.3 is 0 Å². The Morgan fingerprint density at radius 3 is 2.83 bits per heavy atom. The quantitative estimate of drug-likeness (QED) is 0.757. The van der Waals surface area contributed by atoms with Crippen molar-refractivity contribution in [2.75, 3.05) is 11.4 Å². The number of amides is 1. The zero-order valence-corrected chi connectivity index (χ0v) is 10.5. The van der Waals surface area contributed by atoms with Crippen LogP contribution in [-0.2, 0) is 11.2 Å². The van der Waals surface area contributed by atoms with E-state index >= 15 is 0 Å². The van der Waals surface area contributed by atoms with Crippen molar-refractivity contribution in [3.63, 3.8) is 0 Å². The molecule has 3 heteroatoms. The maximum Gasteiger partial charge on any atom is 0.247 e. The molecule has 1 aromatic carbocycles. The van der Waals surface area contributed by atoms with Crippen molar-refractivity contribution in [2.45, 2.75) is 26.2 Å². The fourth-order valence-electron chi connectivity index (χ4n) is 3.25. The van der Waals surface area contributed by atoms with Gasteiger partial charge in [0.25, 0.3) is 0 Å². The van der Waals surface area contributed by atoms with Gasteiger partial charge in [-0.1, -0.05) is 25.1 Å². The monoisotopic (exact) mass is 240 g/mol. The molecule has 1 amide bonds. The van der Waals surface area contributed by atoms with Crippen LogP contribution in [0.3, 0.4) is 0 Å². The summed E-state index contributed by atoms with van der Waals surface area (Å²) in [5, 5.41) is 9.34. The Bertz CT molecular complexity index is 538. The molecule has 0 spiro atoms. The highest BCUT2D eigenvalue weighted by Crippen LogP contribution is 2.47. The topological polar surface area (TPSA) is 44.1 Å². The molecule has 1 saturated carbocycles. The maximum absolute atomic E-state index is 12.6. The summed E-state index contributed by atoms with van der Waals surface area (Å²) in [7, 11) is 0. The predicted octanol–water partition coefficient (Wildman–Crippen LogP) is 2.52. The Hall–Kier alpha value is -1.82. The highest BCUT2D eigenvalue weighted by molar-refractivity contribution is 6.01. The summed E-state index contributed by atoms with van der Waals surface area (Å²) in [4.78, 5) is 14.4. The maximum atomic E-state index is 12.6. The molecule has 3 nitrogen and oxygen atoms in total. The number of hydrogen-bond acceptors (Lipinski definition) is 2. The second-order valence-electron chi connectivity index (χ2n) is 5.54. The first-order valence-electron chi connectivity index (χ1n) is 6.47. The molecule has 2 aliphatic rings. The van der Waals surface area contributed by atoms with Gasteiger partial charge in [0.15, 0.2) is 0 Å². The molecule has 0 bridgehead atoms. The number of benzene rings is 1. The lowest BCUT2D eigenvalue weighted by molar-refractivity contribution is -0.131. The standard InChI is InChI=1S/C15H16N2O/c1-11-8-15(9-11,10-16)14(18)17-7-6-12-4-2-3-5-13(12)17/h2-5,11H,6-9H2,1H3. The first kappa shape index (κ1) is 11.3. The van der Waals surface area contributed by atoms with Crippen LogP contribution in [0.4, 0.5) is 5.69 Å². The molecule has 18 heavy (non-hydrogen) atoms. The third-order valence-corrected chi connectivity index (χ3v) is 4.15. The van der Waals surface area contributed by atoms with E-state index in [4.69, 9.17) is 0 Å². The zero-order chi connectivity index (χ0) is 12.8. The summed E-state index contributed by atoms with van der Waals surface area (Å²) < 4.78 is 0. The molecule has 0 saturated heterocycles. The van der Waals surface area contributed by atoms with E-state index < -0.39 is 5.41 Å². The first-order chi connectivity index (χ1) is 8.66. The molecule has 1 fully saturated rings. The fraction of sp³-hybridized carbons (Fsp3) is 0.467. The molecular formula is C15H16N2O. The van der Waals surface area contributed by atoms with Crippen LogP contribution in [0, 0.1) is 22.7 Å². The third kappa shape index (κ3) is 1.45. The van der Waals surface area contributed by atoms with Gasteiger partial charge in [-0.3, -0.25) is 4.79 Å². The van der Waals surface area contributed by atoms with E-state index in [1.807, 2.05) is 23.1 Å². The van der Waals surface area contributed by atoms with E-state index in [0.717, 1.165) is 18.7 Å². The van der Waals surface area contributed by atoms with E-state index in [9.17, 15) is 10.1 Å². The Balaban J connectivity index is 1.90. The Kier molecular flexibility index (Phi) is 2.41. The van der Waals surface area contributed by atoms with Gasteiger partial charge in [0.1, 0.15) is 5.41 Å². The normalized spacial score (nSPS) is 29.3. The van der Waals surface area contributed by atoms with Gasteiger partial charge < -0.3 is 4.90 Å². The summed E-state index contributed by atoms with van der Waals surface area (Å²) in [6, 6.07) is 10.3. The second-order valence-corrected chi connectivity index (χ2v) is 5.54. The number of carbonyl (C=O) groups is 1. The van der Waals surface area contributed by atoms with Crippen LogP contribution in [0.5, 0.6) is 0 Å². The lowest BCUT2D eigenvalue weighted by Crippen LogP contribution is -2.49. The fourth-order valence-corrected chi connectivity index (χ4v) is 3.25. The average molecular weight is 240 g/mol. The zero-order valence-electron chi connectivity index (χ0n) is 10.5. The summed E-state index contributed by atoms with van der Waals surface area (Å²) in [5.41, 5.74) is 1.46. The van der Waals surface area contributed by atoms with Crippen molar-refractivity contribution in [3.05, 3.63) is 29.8 Å². The van der Waals surface area contributed by atoms with Crippen LogP contribution in [-0.4, -0.2) is 12.5 Å². The van der Waals surface area contributed by atoms with Gasteiger partial charge in [-0.2, -0.15) is 5.26 Å². The molecule has 0 aromatic heterocycles. The highest BCUT2D eigenvalue weighted by Gasteiger charge is 2.51. The summed E-state index contributed by atoms with van der Waals surface area (Å²) in [6.45, 7) is 2.82. The highest BCUT2D eigenvalue weighted by atomic mass is 16.2. The van der Waals surface area contributed by atoms with E-state index in [2.05, 4.69) is 19.1 Å². The molecule has 0 radical (unpaired) electrons.